The second kappa shape index (κ2) is 6.82. The van der Waals surface area contributed by atoms with Crippen LogP contribution in [0.1, 0.15) is 25.5 Å². The summed E-state index contributed by atoms with van der Waals surface area (Å²) in [6.45, 7) is 3.04. The van der Waals surface area contributed by atoms with Gasteiger partial charge in [0.2, 0.25) is 11.8 Å². The van der Waals surface area contributed by atoms with Gasteiger partial charge in [0.15, 0.2) is 0 Å². The Morgan fingerprint density at radius 3 is 2.76 bits per heavy atom. The maximum absolute atomic E-state index is 12.5. The molecule has 0 saturated carbocycles. The molecule has 3 heterocycles. The number of hydrogen-bond donors (Lipinski definition) is 1. The van der Waals surface area contributed by atoms with E-state index >= 15 is 0 Å². The van der Waals surface area contributed by atoms with Crippen molar-refractivity contribution in [3.63, 3.8) is 0 Å². The Balaban J connectivity index is 1.68. The number of nitrogens with zero attached hydrogens (tertiary/aromatic N) is 3. The highest BCUT2D eigenvalue weighted by atomic mass is 16.4. The van der Waals surface area contributed by atoms with Crippen molar-refractivity contribution in [1.29, 1.82) is 0 Å². The van der Waals surface area contributed by atoms with Crippen LogP contribution in [-0.4, -0.2) is 63.9 Å². The summed E-state index contributed by atoms with van der Waals surface area (Å²) in [4.78, 5) is 44.3. The van der Waals surface area contributed by atoms with Gasteiger partial charge in [-0.15, -0.1) is 0 Å². The lowest BCUT2D eigenvalue weighted by atomic mass is 9.81. The number of pyridine rings is 1. The van der Waals surface area contributed by atoms with Gasteiger partial charge in [0.05, 0.1) is 5.92 Å². The summed E-state index contributed by atoms with van der Waals surface area (Å²) in [7, 11) is 0. The van der Waals surface area contributed by atoms with Crippen molar-refractivity contribution in [1.82, 2.24) is 14.8 Å². The lowest BCUT2D eigenvalue weighted by Crippen LogP contribution is -2.42. The topological polar surface area (TPSA) is 90.8 Å². The van der Waals surface area contributed by atoms with Crippen LogP contribution in [-0.2, 0) is 20.8 Å². The maximum Gasteiger partial charge on any atom is 0.314 e. The maximum atomic E-state index is 12.5. The van der Waals surface area contributed by atoms with E-state index in [1.54, 1.807) is 16.0 Å². The van der Waals surface area contributed by atoms with Crippen molar-refractivity contribution in [3.05, 3.63) is 30.1 Å². The quantitative estimate of drug-likeness (QED) is 0.823. The molecule has 2 aliphatic rings. The number of likely N-dealkylation sites (tertiary alicyclic amines) is 2. The Morgan fingerprint density at radius 1 is 1.36 bits per heavy atom. The van der Waals surface area contributed by atoms with Crippen LogP contribution < -0.4 is 0 Å². The Labute approximate surface area is 146 Å². The number of carboxylic acids is 1. The molecule has 0 aromatic carbocycles. The van der Waals surface area contributed by atoms with Crippen LogP contribution in [0.4, 0.5) is 0 Å². The first-order valence-corrected chi connectivity index (χ1v) is 8.68. The van der Waals surface area contributed by atoms with Gasteiger partial charge in [-0.25, -0.2) is 0 Å². The van der Waals surface area contributed by atoms with E-state index in [0.29, 0.717) is 13.0 Å². The summed E-state index contributed by atoms with van der Waals surface area (Å²) >= 11 is 0. The fourth-order valence-electron chi connectivity index (χ4n) is 3.90. The smallest absolute Gasteiger partial charge is 0.314 e. The third kappa shape index (κ3) is 3.10. The molecule has 0 radical (unpaired) electrons. The van der Waals surface area contributed by atoms with E-state index in [-0.39, 0.29) is 37.9 Å². The Kier molecular flexibility index (Phi) is 4.74. The molecule has 7 nitrogen and oxygen atoms in total. The highest BCUT2D eigenvalue weighted by Gasteiger charge is 2.62. The van der Waals surface area contributed by atoms with Crippen LogP contribution in [0.15, 0.2) is 24.4 Å². The van der Waals surface area contributed by atoms with Crippen molar-refractivity contribution >= 4 is 17.8 Å². The minimum Gasteiger partial charge on any atom is -0.481 e. The first-order valence-electron chi connectivity index (χ1n) is 8.68. The van der Waals surface area contributed by atoms with Crippen molar-refractivity contribution < 1.29 is 19.5 Å². The third-order valence-corrected chi connectivity index (χ3v) is 5.22. The number of amides is 2. The van der Waals surface area contributed by atoms with E-state index in [9.17, 15) is 19.5 Å². The third-order valence-electron chi connectivity index (χ3n) is 5.22. The zero-order valence-corrected chi connectivity index (χ0v) is 14.4. The van der Waals surface area contributed by atoms with Gasteiger partial charge in [-0.2, -0.15) is 0 Å². The lowest BCUT2D eigenvalue weighted by Gasteiger charge is -2.25. The molecule has 2 aliphatic heterocycles. The van der Waals surface area contributed by atoms with Crippen molar-refractivity contribution in [3.8, 4) is 0 Å². The average Bonchev–Trinajstić information content (AvgIpc) is 3.11. The van der Waals surface area contributed by atoms with Gasteiger partial charge in [0.1, 0.15) is 5.41 Å². The van der Waals surface area contributed by atoms with Gasteiger partial charge in [-0.3, -0.25) is 19.4 Å². The molecular weight excluding hydrogens is 322 g/mol. The van der Waals surface area contributed by atoms with E-state index in [2.05, 4.69) is 4.98 Å². The summed E-state index contributed by atoms with van der Waals surface area (Å²) in [5.74, 6) is -1.86. The number of fused-ring (bicyclic) bond motifs is 1. The Morgan fingerprint density at radius 2 is 2.16 bits per heavy atom. The zero-order valence-electron chi connectivity index (χ0n) is 14.4. The number of aliphatic carboxylic acids is 1. The second-order valence-corrected chi connectivity index (χ2v) is 6.87. The van der Waals surface area contributed by atoms with Crippen molar-refractivity contribution in [2.24, 2.45) is 11.3 Å². The SMILES string of the molecule is CCCN1C[C@]2(C(=O)O)CN(C(=O)CCc3ccccn3)C[C@@H]2C1=O. The van der Waals surface area contributed by atoms with E-state index in [4.69, 9.17) is 0 Å². The Hall–Kier alpha value is -2.44. The molecule has 2 amide bonds. The normalized spacial score (nSPS) is 25.3. The molecule has 7 heteroatoms. The van der Waals surface area contributed by atoms with E-state index in [1.807, 2.05) is 25.1 Å². The number of aryl methyl sites for hydroxylation is 1. The summed E-state index contributed by atoms with van der Waals surface area (Å²) in [5, 5.41) is 9.76. The van der Waals surface area contributed by atoms with Gasteiger partial charge >= 0.3 is 5.97 Å². The molecule has 134 valence electrons. The molecule has 2 atom stereocenters. The van der Waals surface area contributed by atoms with Crippen LogP contribution in [0.3, 0.4) is 0 Å². The fourth-order valence-corrected chi connectivity index (χ4v) is 3.90. The fraction of sp³-hybridized carbons (Fsp3) is 0.556. The number of rotatable bonds is 6. The molecule has 1 N–H and O–H groups in total. The number of hydrogen-bond acceptors (Lipinski definition) is 4. The van der Waals surface area contributed by atoms with Crippen LogP contribution in [0.2, 0.25) is 0 Å². The molecule has 0 aliphatic carbocycles. The largest absolute Gasteiger partial charge is 0.481 e. The number of carbonyl (C=O) groups excluding carboxylic acids is 2. The molecule has 0 unspecified atom stereocenters. The molecular formula is C18H23N3O4. The number of carbonyl (C=O) groups is 3. The molecule has 25 heavy (non-hydrogen) atoms. The van der Waals surface area contributed by atoms with Crippen molar-refractivity contribution in [2.45, 2.75) is 26.2 Å². The molecule has 1 aromatic rings. The second-order valence-electron chi connectivity index (χ2n) is 6.87. The summed E-state index contributed by atoms with van der Waals surface area (Å²) in [6.07, 6.45) is 3.25. The summed E-state index contributed by atoms with van der Waals surface area (Å²) in [5.41, 5.74) is -0.333. The van der Waals surface area contributed by atoms with E-state index in [1.165, 1.54) is 0 Å². The number of carboxylic acid groups (broad SMARTS) is 1. The van der Waals surface area contributed by atoms with Crippen LogP contribution >= 0.6 is 0 Å². The van der Waals surface area contributed by atoms with Crippen molar-refractivity contribution in [2.75, 3.05) is 26.2 Å². The molecule has 3 rings (SSSR count). The molecule has 2 saturated heterocycles. The average molecular weight is 345 g/mol. The first-order chi connectivity index (χ1) is 12.0. The van der Waals surface area contributed by atoms with Gasteiger partial charge in [0, 0.05) is 44.5 Å². The van der Waals surface area contributed by atoms with Crippen LogP contribution in [0.5, 0.6) is 0 Å². The number of aromatic nitrogens is 1. The predicted molar refractivity (Wildman–Crippen MR) is 89.6 cm³/mol. The van der Waals surface area contributed by atoms with Gasteiger partial charge in [-0.1, -0.05) is 13.0 Å². The molecule has 0 spiro atoms. The van der Waals surface area contributed by atoms with Crippen LogP contribution in [0.25, 0.3) is 0 Å². The monoisotopic (exact) mass is 345 g/mol. The first kappa shape index (κ1) is 17.4. The zero-order chi connectivity index (χ0) is 18.0. The standard InChI is InChI=1S/C18H23N3O4/c1-2-9-20-11-18(17(24)25)12-21(10-14(18)16(20)23)15(22)7-6-13-5-3-4-8-19-13/h3-5,8,14H,2,6-7,9-12H2,1H3,(H,24,25)/t14-,18+/m1/s1. The van der Waals surface area contributed by atoms with Gasteiger partial charge in [0.25, 0.3) is 0 Å². The molecule has 2 fully saturated rings. The van der Waals surface area contributed by atoms with E-state index < -0.39 is 17.3 Å². The molecule has 1 aromatic heterocycles. The van der Waals surface area contributed by atoms with Crippen LogP contribution in [0, 0.1) is 11.3 Å². The Bertz CT molecular complexity index is 678. The summed E-state index contributed by atoms with van der Waals surface area (Å²) in [6, 6.07) is 5.54. The predicted octanol–water partition coefficient (Wildman–Crippen LogP) is 0.796. The highest BCUT2D eigenvalue weighted by molar-refractivity contribution is 5.94. The van der Waals surface area contributed by atoms with Gasteiger partial charge in [-0.05, 0) is 25.0 Å². The van der Waals surface area contributed by atoms with E-state index in [0.717, 1.165) is 12.1 Å². The summed E-state index contributed by atoms with van der Waals surface area (Å²) < 4.78 is 0. The minimum atomic E-state index is -1.16. The van der Waals surface area contributed by atoms with Gasteiger partial charge < -0.3 is 14.9 Å². The highest BCUT2D eigenvalue weighted by Crippen LogP contribution is 2.43. The molecule has 0 bridgehead atoms. The lowest BCUT2D eigenvalue weighted by molar-refractivity contribution is -0.150. The minimum absolute atomic E-state index is 0.111.